The van der Waals surface area contributed by atoms with Crippen molar-refractivity contribution >= 4 is 39.0 Å². The van der Waals surface area contributed by atoms with Gasteiger partial charge in [0.25, 0.3) is 5.91 Å². The van der Waals surface area contributed by atoms with E-state index < -0.39 is 0 Å². The van der Waals surface area contributed by atoms with E-state index in [1.165, 1.54) is 0 Å². The van der Waals surface area contributed by atoms with Gasteiger partial charge in [-0.1, -0.05) is 46.3 Å². The van der Waals surface area contributed by atoms with E-state index in [0.29, 0.717) is 17.1 Å². The Labute approximate surface area is 131 Å². The first-order valence-corrected chi connectivity index (χ1v) is 7.19. The summed E-state index contributed by atoms with van der Waals surface area (Å²) in [6.45, 7) is 0.436. The summed E-state index contributed by atoms with van der Waals surface area (Å²) in [7, 11) is 0. The Balaban J connectivity index is 2.01. The lowest BCUT2D eigenvalue weighted by molar-refractivity contribution is 0.0951. The molecule has 0 atom stereocenters. The van der Waals surface area contributed by atoms with Crippen LogP contribution < -0.4 is 11.1 Å². The van der Waals surface area contributed by atoms with E-state index >= 15 is 0 Å². The van der Waals surface area contributed by atoms with Crippen LogP contribution >= 0.6 is 28.1 Å². The van der Waals surface area contributed by atoms with E-state index in [9.17, 15) is 4.79 Å². The van der Waals surface area contributed by atoms with E-state index in [1.807, 2.05) is 36.4 Å². The highest BCUT2D eigenvalue weighted by Gasteiger charge is 2.05. The molecule has 2 aromatic carbocycles. The van der Waals surface area contributed by atoms with Gasteiger partial charge in [0.05, 0.1) is 0 Å². The van der Waals surface area contributed by atoms with Gasteiger partial charge in [0, 0.05) is 22.1 Å². The van der Waals surface area contributed by atoms with Crippen LogP contribution in [0.15, 0.2) is 53.0 Å². The molecule has 2 aromatic rings. The third-order valence-corrected chi connectivity index (χ3v) is 3.54. The van der Waals surface area contributed by atoms with Crippen LogP contribution in [0.3, 0.4) is 0 Å². The average Bonchev–Trinajstić information content (AvgIpc) is 2.46. The molecule has 0 saturated heterocycles. The fourth-order valence-corrected chi connectivity index (χ4v) is 2.11. The first-order valence-electron chi connectivity index (χ1n) is 5.99. The molecule has 0 aromatic heterocycles. The lowest BCUT2D eigenvalue weighted by Crippen LogP contribution is -2.23. The van der Waals surface area contributed by atoms with E-state index in [2.05, 4.69) is 21.2 Å². The molecule has 0 aliphatic carbocycles. The van der Waals surface area contributed by atoms with Crippen molar-refractivity contribution in [1.29, 1.82) is 0 Å². The minimum atomic E-state index is -0.113. The van der Waals surface area contributed by atoms with Crippen molar-refractivity contribution in [2.75, 3.05) is 0 Å². The number of hydrogen-bond acceptors (Lipinski definition) is 2. The number of carbonyl (C=O) groups is 1. The molecule has 0 unspecified atom stereocenters. The van der Waals surface area contributed by atoms with Crippen molar-refractivity contribution in [3.05, 3.63) is 69.7 Å². The molecule has 20 heavy (non-hydrogen) atoms. The number of amides is 1. The van der Waals surface area contributed by atoms with Crippen LogP contribution in [-0.2, 0) is 6.54 Å². The second kappa shape index (κ2) is 6.63. The summed E-state index contributed by atoms with van der Waals surface area (Å²) >= 11 is 8.27. The molecule has 0 aliphatic heterocycles. The Morgan fingerprint density at radius 3 is 2.50 bits per heavy atom. The van der Waals surface area contributed by atoms with Gasteiger partial charge in [-0.15, -0.1) is 0 Å². The summed E-state index contributed by atoms with van der Waals surface area (Å²) in [5.74, 6) is -0.113. The van der Waals surface area contributed by atoms with Crippen LogP contribution in [0.1, 0.15) is 21.5 Å². The van der Waals surface area contributed by atoms with E-state index in [4.69, 9.17) is 18.0 Å². The van der Waals surface area contributed by atoms with Gasteiger partial charge in [0.1, 0.15) is 4.99 Å². The van der Waals surface area contributed by atoms with Gasteiger partial charge in [-0.05, 0) is 35.9 Å². The maximum absolute atomic E-state index is 12.0. The van der Waals surface area contributed by atoms with Gasteiger partial charge in [-0.2, -0.15) is 0 Å². The zero-order chi connectivity index (χ0) is 14.5. The molecule has 3 N–H and O–H groups in total. The van der Waals surface area contributed by atoms with Crippen molar-refractivity contribution in [3.63, 3.8) is 0 Å². The number of nitrogens with two attached hydrogens (primary N) is 1. The highest BCUT2D eigenvalue weighted by atomic mass is 79.9. The highest BCUT2D eigenvalue weighted by molar-refractivity contribution is 9.10. The number of carbonyl (C=O) groups excluding carboxylic acids is 1. The molecule has 0 fully saturated rings. The molecule has 5 heteroatoms. The molecule has 1 amide bonds. The van der Waals surface area contributed by atoms with Crippen LogP contribution in [0.4, 0.5) is 0 Å². The summed E-state index contributed by atoms with van der Waals surface area (Å²) in [6, 6.07) is 14.7. The summed E-state index contributed by atoms with van der Waals surface area (Å²) in [5, 5.41) is 2.86. The lowest BCUT2D eigenvalue weighted by Gasteiger charge is -2.07. The molecule has 102 valence electrons. The molecule has 0 spiro atoms. The van der Waals surface area contributed by atoms with E-state index in [-0.39, 0.29) is 5.91 Å². The number of rotatable bonds is 4. The zero-order valence-corrected chi connectivity index (χ0v) is 13.0. The Bertz CT molecular complexity index is 641. The molecule has 0 saturated carbocycles. The third kappa shape index (κ3) is 3.88. The standard InChI is InChI=1S/C15H13BrN2OS/c16-13-6-4-11(5-7-13)15(19)18-9-10-2-1-3-12(8-10)14(17)20/h1-8H,9H2,(H2,17,20)(H,18,19). The second-order valence-electron chi connectivity index (χ2n) is 4.25. The quantitative estimate of drug-likeness (QED) is 0.835. The zero-order valence-electron chi connectivity index (χ0n) is 10.6. The van der Waals surface area contributed by atoms with Crippen molar-refractivity contribution in [3.8, 4) is 0 Å². The van der Waals surface area contributed by atoms with Gasteiger partial charge in [0.2, 0.25) is 0 Å². The van der Waals surface area contributed by atoms with Gasteiger partial charge in [-0.25, -0.2) is 0 Å². The van der Waals surface area contributed by atoms with E-state index in [1.54, 1.807) is 12.1 Å². The molecule has 2 rings (SSSR count). The van der Waals surface area contributed by atoms with Gasteiger partial charge in [-0.3, -0.25) is 4.79 Å². The number of halogens is 1. The molecular formula is C15H13BrN2OS. The average molecular weight is 349 g/mol. The number of nitrogens with one attached hydrogen (secondary N) is 1. The van der Waals surface area contributed by atoms with Crippen LogP contribution in [0.25, 0.3) is 0 Å². The predicted octanol–water partition coefficient (Wildman–Crippen LogP) is 3.01. The van der Waals surface area contributed by atoms with Crippen molar-refractivity contribution < 1.29 is 4.79 Å². The second-order valence-corrected chi connectivity index (χ2v) is 5.61. The number of benzene rings is 2. The monoisotopic (exact) mass is 348 g/mol. The molecular weight excluding hydrogens is 336 g/mol. The highest BCUT2D eigenvalue weighted by Crippen LogP contribution is 2.11. The minimum Gasteiger partial charge on any atom is -0.389 e. The van der Waals surface area contributed by atoms with E-state index in [0.717, 1.165) is 15.6 Å². The summed E-state index contributed by atoms with van der Waals surface area (Å²) in [6.07, 6.45) is 0. The topological polar surface area (TPSA) is 55.1 Å². The molecule has 0 aliphatic rings. The maximum atomic E-state index is 12.0. The SMILES string of the molecule is NC(=S)c1cccc(CNC(=O)c2ccc(Br)cc2)c1. The molecule has 0 radical (unpaired) electrons. The third-order valence-electron chi connectivity index (χ3n) is 2.77. The first-order chi connectivity index (χ1) is 9.56. The van der Waals surface area contributed by atoms with Gasteiger partial charge in [0.15, 0.2) is 0 Å². The predicted molar refractivity (Wildman–Crippen MR) is 87.6 cm³/mol. The largest absolute Gasteiger partial charge is 0.389 e. The van der Waals surface area contributed by atoms with Crippen molar-refractivity contribution in [2.24, 2.45) is 5.73 Å². The molecule has 0 heterocycles. The van der Waals surface area contributed by atoms with Crippen LogP contribution in [0.5, 0.6) is 0 Å². The molecule has 3 nitrogen and oxygen atoms in total. The van der Waals surface area contributed by atoms with Crippen LogP contribution in [0, 0.1) is 0 Å². The Kier molecular flexibility index (Phi) is 4.87. The number of thiocarbonyl (C=S) groups is 1. The minimum absolute atomic E-state index is 0.113. The van der Waals surface area contributed by atoms with Crippen LogP contribution in [-0.4, -0.2) is 10.9 Å². The van der Waals surface area contributed by atoms with Crippen LogP contribution in [0.2, 0.25) is 0 Å². The normalized spacial score (nSPS) is 10.1. The van der Waals surface area contributed by atoms with Gasteiger partial charge < -0.3 is 11.1 Å². The van der Waals surface area contributed by atoms with Crippen molar-refractivity contribution in [2.45, 2.75) is 6.54 Å². The molecule has 0 bridgehead atoms. The first kappa shape index (κ1) is 14.7. The fourth-order valence-electron chi connectivity index (χ4n) is 1.72. The maximum Gasteiger partial charge on any atom is 0.251 e. The Morgan fingerprint density at radius 1 is 1.15 bits per heavy atom. The fraction of sp³-hybridized carbons (Fsp3) is 0.0667. The lowest BCUT2D eigenvalue weighted by atomic mass is 10.1. The smallest absolute Gasteiger partial charge is 0.251 e. The summed E-state index contributed by atoms with van der Waals surface area (Å²) in [5.41, 5.74) is 7.97. The Hall–Kier alpha value is -1.72. The van der Waals surface area contributed by atoms with Crippen molar-refractivity contribution in [1.82, 2.24) is 5.32 Å². The summed E-state index contributed by atoms with van der Waals surface area (Å²) < 4.78 is 0.943. The van der Waals surface area contributed by atoms with Gasteiger partial charge >= 0.3 is 0 Å². The summed E-state index contributed by atoms with van der Waals surface area (Å²) in [4.78, 5) is 12.3. The Morgan fingerprint density at radius 2 is 1.85 bits per heavy atom. The number of hydrogen-bond donors (Lipinski definition) is 2.